The number of esters is 1. The average Bonchev–Trinajstić information content (AvgIpc) is 0.774. The molecule has 0 fully saturated rings. The second kappa shape index (κ2) is 61.5. The van der Waals surface area contributed by atoms with Gasteiger partial charge in [-0.3, -0.25) is 68.3 Å². The third kappa shape index (κ3) is 41.6. The molecule has 0 atom stereocenters. The Morgan fingerprint density at radius 2 is 1.07 bits per heavy atom. The molecule has 0 aromatic carbocycles. The van der Waals surface area contributed by atoms with E-state index in [4.69, 9.17) is 33.3 Å². The molecule has 626 valence electrons. The SMILES string of the molecule is BrCCCBr.C=O.CC(C)(N)c1ccc(Br)cn1.CCOC(=O)CC#N.CN(C)C(C)(C)c1ccc(-c2nc3n(c(=O)c2C#N)CCCS3)cn1.CN(C)C(C)(C)c1ccc(Br)cn1.CN(C)C(C)(C)c1ccc(C2=C(C#N)C(=O)NC(=S)C2)cn1.CN(C)C(C)(C)c1ccc(C=O)cn1.N#Cc1ccc(Br)cn1.[Br-].[CH2-]CCC.[CH3-].[Li+].[Mg+2]. The first kappa shape index (κ1) is 120. The number of hydrogen-bond donors (Lipinski definition) is 2. The Kier molecular flexibility index (Phi) is 63.0. The molecule has 7 aromatic heterocycles. The molecule has 1 amide bonds. The van der Waals surface area contributed by atoms with Crippen molar-refractivity contribution in [2.24, 2.45) is 5.73 Å². The predicted molar refractivity (Wildman–Crippen MR) is 487 cm³/mol. The molecule has 9 rings (SSSR count). The maximum atomic E-state index is 12.6. The van der Waals surface area contributed by atoms with Gasteiger partial charge in [-0.15, -0.1) is 0 Å². The number of aldehydes is 1. The van der Waals surface area contributed by atoms with Crippen molar-refractivity contribution >= 4 is 162 Å². The van der Waals surface area contributed by atoms with Crippen molar-refractivity contribution in [3.05, 3.63) is 205 Å². The fourth-order valence-corrected chi connectivity index (χ4v) is 11.6. The van der Waals surface area contributed by atoms with Gasteiger partial charge in [0.05, 0.1) is 79.5 Å². The third-order valence-corrected chi connectivity index (χ3v) is 21.2. The number of aromatic nitrogens is 8. The van der Waals surface area contributed by atoms with Crippen molar-refractivity contribution in [2.75, 3.05) is 79.4 Å². The summed E-state index contributed by atoms with van der Waals surface area (Å²) in [5.41, 5.74) is 13.2. The van der Waals surface area contributed by atoms with E-state index in [1.807, 2.05) is 142 Å². The van der Waals surface area contributed by atoms with Gasteiger partial charge in [0.2, 0.25) is 0 Å². The number of thioether (sulfide) groups is 1. The molecule has 2 aliphatic rings. The van der Waals surface area contributed by atoms with Crippen LogP contribution in [0.4, 0.5) is 0 Å². The zero-order valence-corrected chi connectivity index (χ0v) is 84.2. The van der Waals surface area contributed by atoms with E-state index >= 15 is 0 Å². The van der Waals surface area contributed by atoms with Crippen LogP contribution in [0.1, 0.15) is 177 Å². The normalized spacial score (nSPS) is 11.7. The first-order valence-corrected chi connectivity index (χ1v) is 41.5. The molecule has 0 aliphatic carbocycles. The summed E-state index contributed by atoms with van der Waals surface area (Å²) in [7, 11) is 16.1. The number of halogens is 6. The van der Waals surface area contributed by atoms with Gasteiger partial charge in [-0.1, -0.05) is 75.3 Å². The number of unbranched alkanes of at least 4 members (excludes halogenated alkanes) is 1. The maximum absolute atomic E-state index is 12.6. The van der Waals surface area contributed by atoms with E-state index in [-0.39, 0.29) is 117 Å². The molecule has 2 aliphatic heterocycles. The summed E-state index contributed by atoms with van der Waals surface area (Å²) >= 11 is 23.1. The summed E-state index contributed by atoms with van der Waals surface area (Å²) in [5.74, 6) is 0.0490. The molecule has 0 saturated carbocycles. The van der Waals surface area contributed by atoms with E-state index in [1.54, 1.807) is 78.5 Å². The number of nitriles is 4. The number of ether oxygens (including phenoxy) is 1. The number of alkyl halides is 2. The van der Waals surface area contributed by atoms with Crippen molar-refractivity contribution in [2.45, 2.75) is 161 Å². The van der Waals surface area contributed by atoms with Crippen LogP contribution in [-0.4, -0.2) is 191 Å². The molecule has 3 N–H and O–H groups in total. The molecule has 117 heavy (non-hydrogen) atoms. The number of amides is 1. The molecule has 0 unspecified atom stereocenters. The predicted octanol–water partition coefficient (Wildman–Crippen LogP) is 10.7. The maximum Gasteiger partial charge on any atom is 2.00 e. The van der Waals surface area contributed by atoms with Crippen LogP contribution in [0.25, 0.3) is 16.8 Å². The Bertz CT molecular complexity index is 4360. The number of nitrogens with zero attached hydrogens (tertiary/aromatic N) is 16. The monoisotopic (exact) mass is 2020 g/mol. The number of rotatable bonds is 17. The number of carbonyl (C=O) groups is 4. The van der Waals surface area contributed by atoms with Gasteiger partial charge in [-0.05, 0) is 271 Å². The third-order valence-electron chi connectivity index (χ3n) is 17.4. The van der Waals surface area contributed by atoms with E-state index in [0.717, 1.165) is 83.0 Å². The summed E-state index contributed by atoms with van der Waals surface area (Å²) in [4.78, 5) is 92.2. The molecule has 9 heterocycles. The van der Waals surface area contributed by atoms with E-state index < -0.39 is 11.9 Å². The second-order valence-corrected chi connectivity index (χ2v) is 33.7. The molecule has 0 spiro atoms. The summed E-state index contributed by atoms with van der Waals surface area (Å²) in [6, 6.07) is 30.3. The summed E-state index contributed by atoms with van der Waals surface area (Å²) in [6.45, 7) is 31.1. The Hall–Kier alpha value is -5.76. The average molecular weight is 2030 g/mol. The van der Waals surface area contributed by atoms with Crippen molar-refractivity contribution in [3.63, 3.8) is 0 Å². The zero-order valence-electron chi connectivity index (χ0n) is 71.6. The van der Waals surface area contributed by atoms with Crippen molar-refractivity contribution < 1.29 is 59.8 Å². The van der Waals surface area contributed by atoms with Crippen LogP contribution < -0.4 is 52.5 Å². The minimum absolute atomic E-state index is 0. The van der Waals surface area contributed by atoms with E-state index in [9.17, 15) is 29.7 Å². The summed E-state index contributed by atoms with van der Waals surface area (Å²) in [6.07, 6.45) is 15.6. The largest absolute Gasteiger partial charge is 2.00 e. The molecule has 0 radical (unpaired) electrons. The smallest absolute Gasteiger partial charge is 1.00 e. The topological polar surface area (TPSA) is 336 Å². The Balaban J connectivity index is -0.000000418. The van der Waals surface area contributed by atoms with Crippen LogP contribution >= 0.6 is 104 Å². The Labute approximate surface area is 785 Å². The number of pyridine rings is 6. The van der Waals surface area contributed by atoms with Crippen molar-refractivity contribution in [1.82, 2.24) is 64.4 Å². The Morgan fingerprint density at radius 3 is 1.38 bits per heavy atom. The van der Waals surface area contributed by atoms with Gasteiger partial charge < -0.3 is 51.9 Å². The van der Waals surface area contributed by atoms with Gasteiger partial charge in [0.1, 0.15) is 48.2 Å². The van der Waals surface area contributed by atoms with Gasteiger partial charge in [0.15, 0.2) is 11.4 Å². The van der Waals surface area contributed by atoms with Crippen molar-refractivity contribution in [1.29, 1.82) is 21.0 Å². The van der Waals surface area contributed by atoms with Crippen LogP contribution in [0.15, 0.2) is 139 Å². The second-order valence-electron chi connectivity index (χ2n) is 27.8. The van der Waals surface area contributed by atoms with E-state index in [2.05, 4.69) is 228 Å². The van der Waals surface area contributed by atoms with Gasteiger partial charge in [0, 0.05) is 91.1 Å². The van der Waals surface area contributed by atoms with E-state index in [0.29, 0.717) is 57.8 Å². The van der Waals surface area contributed by atoms with Crippen molar-refractivity contribution in [3.8, 4) is 35.5 Å². The van der Waals surface area contributed by atoms with Crippen LogP contribution in [0.5, 0.6) is 0 Å². The summed E-state index contributed by atoms with van der Waals surface area (Å²) < 4.78 is 8.91. The zero-order chi connectivity index (χ0) is 86.6. The molecule has 0 bridgehead atoms. The first-order valence-electron chi connectivity index (χ1n) is 35.5. The minimum Gasteiger partial charge on any atom is -1.00 e. The molecule has 24 nitrogen and oxygen atoms in total. The van der Waals surface area contributed by atoms with Gasteiger partial charge in [-0.25, -0.2) is 9.97 Å². The van der Waals surface area contributed by atoms with Gasteiger partial charge >= 0.3 is 47.9 Å². The number of carbonyl (C=O) groups excluding carboxylic acids is 4. The fourth-order valence-electron chi connectivity index (χ4n) is 8.37. The van der Waals surface area contributed by atoms with Gasteiger partial charge in [0.25, 0.3) is 11.5 Å². The fraction of sp³-hybridized carbons (Fsp3) is 0.434. The molecular formula is C83H111Br6LiMgN18O6S2. The van der Waals surface area contributed by atoms with Crippen LogP contribution in [-0.2, 0) is 53.4 Å². The number of hydrogen-bond acceptors (Lipinski definition) is 24. The molecule has 34 heteroatoms. The number of thiocarbonyl (C=S) groups is 1. The molecular weight excluding hydrogens is 1920 g/mol. The first-order chi connectivity index (χ1) is 53.0. The quantitative estimate of drug-likeness (QED) is 0.0163. The standard InChI is InChI=1S/C18H21N5OS.C16H18N4OS.C11H16N2O.C10H15BrN2.C8H11BrN2.C6H3BrN2.C5H7NO2.C4H9.C3H6Br2.CH2O.CH3.BrH.Li.Mg/c1-18(2,22(3)4)14-7-6-12(11-20-14)15-13(10-19)16(24)23-8-5-9-25-17(23)21-15;1-16(2,20(3)4)13-6-5-10(9-18-13)11-7-14(22)19-15(21)12(11)8-17;1-11(2,13(3)4)10-6-5-9(8-14)7-12-10;1-10(2,13(3)4)9-6-5-8(11)7-12-9;1-8(2,10)7-4-3-6(9)5-11-7;7-5-1-2-6(3-8)9-4-5;1-2-8-5(7)3-4-6;1-3-4-2;4-2-1-3-5;1-2;;;;/h6-7,11H,5,8-9H2,1-4H3;5-6,9H,7H2,1-4H3,(H,19,21,22);5-8H,1-4H3;5-7H,1-4H3;3-5H,10H2,1-2H3;1-2,4H;2-3H2,1H3;1,3-4H2,2H3;1-3H2;1H2;1H3;1H;;/q;;;;;;;-1;;;-1;;+1;+2/p-1. The minimum atomic E-state index is -0.449. The van der Waals surface area contributed by atoms with Crippen LogP contribution in [0, 0.1) is 59.7 Å². The van der Waals surface area contributed by atoms with Gasteiger partial charge in [-0.2, -0.15) is 27.5 Å². The van der Waals surface area contributed by atoms with Crippen LogP contribution in [0.2, 0.25) is 0 Å². The van der Waals surface area contributed by atoms with E-state index in [1.165, 1.54) is 12.8 Å². The number of nitrogens with one attached hydrogen (secondary N) is 1. The molecule has 0 saturated heterocycles. The summed E-state index contributed by atoms with van der Waals surface area (Å²) in [5, 5.41) is 40.3. The Morgan fingerprint density at radius 1 is 0.658 bits per heavy atom. The molecule has 7 aromatic rings. The number of fused-ring (bicyclic) bond motifs is 1. The van der Waals surface area contributed by atoms with Crippen LogP contribution in [0.3, 0.4) is 0 Å². The number of nitrogens with two attached hydrogens (primary N) is 1.